The lowest BCUT2D eigenvalue weighted by Gasteiger charge is -2.36. The molecule has 1 atom stereocenters. The van der Waals surface area contributed by atoms with Crippen molar-refractivity contribution in [3.05, 3.63) is 54.2 Å². The smallest absolute Gasteiger partial charge is 0.256 e. The van der Waals surface area contributed by atoms with E-state index in [0.717, 1.165) is 78.9 Å². The molecule has 0 bridgehead atoms. The highest BCUT2D eigenvalue weighted by atomic mass is 16.3. The van der Waals surface area contributed by atoms with E-state index in [0.29, 0.717) is 31.8 Å². The van der Waals surface area contributed by atoms with Crippen LogP contribution in [0.3, 0.4) is 0 Å². The number of rotatable bonds is 7. The van der Waals surface area contributed by atoms with Crippen LogP contribution in [-0.2, 0) is 9.59 Å². The quantitative estimate of drug-likeness (QED) is 0.480. The molecule has 2 amide bonds. The molecule has 208 valence electrons. The number of aliphatic hydroxyl groups excluding tert-OH is 1. The minimum absolute atomic E-state index is 0.0904. The van der Waals surface area contributed by atoms with Crippen molar-refractivity contribution in [3.63, 3.8) is 0 Å². The van der Waals surface area contributed by atoms with Gasteiger partial charge in [0.15, 0.2) is 0 Å². The van der Waals surface area contributed by atoms with Crippen LogP contribution in [0.25, 0.3) is 22.0 Å². The first kappa shape index (κ1) is 25.4. The van der Waals surface area contributed by atoms with Crippen LogP contribution in [0.5, 0.6) is 0 Å². The molecule has 1 aromatic heterocycles. The number of aliphatic imine (C=N–C) groups is 1. The second-order valence-electron chi connectivity index (χ2n) is 11.9. The van der Waals surface area contributed by atoms with Crippen LogP contribution in [0, 0.1) is 11.8 Å². The second-order valence-corrected chi connectivity index (χ2v) is 11.9. The third-order valence-corrected chi connectivity index (χ3v) is 9.20. The van der Waals surface area contributed by atoms with E-state index in [-0.39, 0.29) is 24.3 Å². The maximum absolute atomic E-state index is 14.1. The number of benzene rings is 2. The van der Waals surface area contributed by atoms with Gasteiger partial charge in [0, 0.05) is 56.1 Å². The first-order valence-electron chi connectivity index (χ1n) is 14.6. The van der Waals surface area contributed by atoms with Crippen LogP contribution in [0.2, 0.25) is 0 Å². The summed E-state index contributed by atoms with van der Waals surface area (Å²) in [6, 6.07) is 14.6. The maximum Gasteiger partial charge on any atom is 0.256 e. The van der Waals surface area contributed by atoms with Crippen molar-refractivity contribution in [1.82, 2.24) is 24.9 Å². The number of β-amino-alcohol motifs (C(OH)–C–C–N with tert-alkyl or cyclic N) is 1. The van der Waals surface area contributed by atoms with Crippen LogP contribution in [0.1, 0.15) is 37.7 Å². The number of carbonyl (C=O) groups excluding carboxylic acids is 2. The van der Waals surface area contributed by atoms with Gasteiger partial charge in [-0.2, -0.15) is 5.10 Å². The summed E-state index contributed by atoms with van der Waals surface area (Å²) in [5.74, 6) is 1.62. The number of likely N-dealkylation sites (tertiary alicyclic amines) is 2. The van der Waals surface area contributed by atoms with E-state index in [1.54, 1.807) is 0 Å². The highest BCUT2D eigenvalue weighted by Crippen LogP contribution is 2.37. The minimum Gasteiger partial charge on any atom is -0.395 e. The average Bonchev–Trinajstić information content (AvgIpc) is 3.44. The molecule has 1 spiro atoms. The van der Waals surface area contributed by atoms with Crippen LogP contribution >= 0.6 is 0 Å². The van der Waals surface area contributed by atoms with Crippen molar-refractivity contribution >= 4 is 28.6 Å². The van der Waals surface area contributed by atoms with E-state index < -0.39 is 5.54 Å². The lowest BCUT2D eigenvalue weighted by Crippen LogP contribution is -2.51. The van der Waals surface area contributed by atoms with E-state index in [1.165, 1.54) is 0 Å². The van der Waals surface area contributed by atoms with Gasteiger partial charge in [-0.05, 0) is 61.3 Å². The van der Waals surface area contributed by atoms with Gasteiger partial charge in [0.1, 0.15) is 11.4 Å². The summed E-state index contributed by atoms with van der Waals surface area (Å²) in [5, 5.41) is 17.6. The molecule has 40 heavy (non-hydrogen) atoms. The van der Waals surface area contributed by atoms with Gasteiger partial charge in [0.2, 0.25) is 5.91 Å². The lowest BCUT2D eigenvalue weighted by atomic mass is 9.87. The Kier molecular flexibility index (Phi) is 6.43. The fraction of sp³-hybridized carbons (Fsp3) is 0.484. The van der Waals surface area contributed by atoms with Crippen molar-refractivity contribution in [2.45, 2.75) is 37.6 Å². The fourth-order valence-electron chi connectivity index (χ4n) is 6.62. The summed E-state index contributed by atoms with van der Waals surface area (Å²) in [4.78, 5) is 38.1. The van der Waals surface area contributed by atoms with Crippen LogP contribution in [-0.4, -0.2) is 99.1 Å². The molecular weight excluding hydrogens is 504 g/mol. The summed E-state index contributed by atoms with van der Waals surface area (Å²) in [5.41, 5.74) is 3.42. The third kappa shape index (κ3) is 4.61. The number of hydrogen-bond donors (Lipinski definition) is 2. The monoisotopic (exact) mass is 540 g/mol. The molecule has 1 saturated carbocycles. The van der Waals surface area contributed by atoms with E-state index in [4.69, 9.17) is 4.99 Å². The standard InChI is InChI=1S/C31H36N6O3/c38-16-15-35-13-10-31(11-14-35)30(40)37(20-21-9-12-36(19-21)29(39)24-5-6-24)28(33-31)23-3-1-22(2-4-23)25-7-8-27-26(17-25)18-32-34-27/h1-4,7-8,17-18,21,24,38H,5-6,9-16,19-20H2,(H,32,34)/t21-/m1/s1. The maximum atomic E-state index is 14.1. The van der Waals surface area contributed by atoms with Crippen molar-refractivity contribution in [2.75, 3.05) is 45.9 Å². The number of piperidine rings is 1. The largest absolute Gasteiger partial charge is 0.395 e. The molecule has 2 saturated heterocycles. The topological polar surface area (TPSA) is 105 Å². The zero-order valence-corrected chi connectivity index (χ0v) is 22.8. The Morgan fingerprint density at radius 1 is 1.00 bits per heavy atom. The molecule has 2 aromatic carbocycles. The highest BCUT2D eigenvalue weighted by molar-refractivity contribution is 6.15. The van der Waals surface area contributed by atoms with E-state index in [1.807, 2.05) is 22.1 Å². The Labute approximate surface area is 233 Å². The molecule has 0 unspecified atom stereocenters. The second kappa shape index (κ2) is 10.1. The van der Waals surface area contributed by atoms with Gasteiger partial charge < -0.3 is 14.9 Å². The molecule has 1 aliphatic carbocycles. The molecule has 0 radical (unpaired) electrons. The van der Waals surface area contributed by atoms with Gasteiger partial charge in [0.25, 0.3) is 5.91 Å². The number of fused-ring (bicyclic) bond motifs is 1. The number of aliphatic hydroxyl groups is 1. The van der Waals surface area contributed by atoms with Gasteiger partial charge in [-0.15, -0.1) is 0 Å². The van der Waals surface area contributed by atoms with Gasteiger partial charge >= 0.3 is 0 Å². The Morgan fingerprint density at radius 2 is 1.75 bits per heavy atom. The summed E-state index contributed by atoms with van der Waals surface area (Å²) >= 11 is 0. The number of amides is 2. The predicted octanol–water partition coefficient (Wildman–Crippen LogP) is 2.90. The molecule has 7 rings (SSSR count). The first-order valence-corrected chi connectivity index (χ1v) is 14.6. The summed E-state index contributed by atoms with van der Waals surface area (Å²) in [6.45, 7) is 4.35. The lowest BCUT2D eigenvalue weighted by molar-refractivity contribution is -0.133. The molecule has 3 aliphatic heterocycles. The molecule has 2 N–H and O–H groups in total. The minimum atomic E-state index is -0.742. The van der Waals surface area contributed by atoms with Crippen molar-refractivity contribution in [3.8, 4) is 11.1 Å². The van der Waals surface area contributed by atoms with Gasteiger partial charge in [0.05, 0.1) is 18.3 Å². The normalized spacial score (nSPS) is 23.0. The number of H-pyrrole nitrogens is 1. The fourth-order valence-corrected chi connectivity index (χ4v) is 6.62. The highest BCUT2D eigenvalue weighted by Gasteiger charge is 2.50. The molecule has 9 heteroatoms. The number of aromatic nitrogens is 2. The number of amidine groups is 1. The van der Waals surface area contributed by atoms with E-state index >= 15 is 0 Å². The molecule has 9 nitrogen and oxygen atoms in total. The number of carbonyl (C=O) groups is 2. The zero-order valence-electron chi connectivity index (χ0n) is 22.8. The van der Waals surface area contributed by atoms with Crippen molar-refractivity contribution < 1.29 is 14.7 Å². The van der Waals surface area contributed by atoms with Crippen LogP contribution < -0.4 is 0 Å². The molecule has 3 aromatic rings. The molecule has 3 fully saturated rings. The zero-order chi connectivity index (χ0) is 27.3. The Morgan fingerprint density at radius 3 is 2.50 bits per heavy atom. The number of nitrogens with one attached hydrogen (secondary N) is 1. The van der Waals surface area contributed by atoms with Crippen molar-refractivity contribution in [1.29, 1.82) is 0 Å². The van der Waals surface area contributed by atoms with E-state index in [2.05, 4.69) is 51.5 Å². The molecular formula is C31H36N6O3. The Hall–Kier alpha value is -3.56. The van der Waals surface area contributed by atoms with Gasteiger partial charge in [-0.3, -0.25) is 24.6 Å². The van der Waals surface area contributed by atoms with Gasteiger partial charge in [-0.25, -0.2) is 0 Å². The summed E-state index contributed by atoms with van der Waals surface area (Å²) < 4.78 is 0. The number of nitrogens with zero attached hydrogens (tertiary/aromatic N) is 5. The predicted molar refractivity (Wildman–Crippen MR) is 153 cm³/mol. The Bertz CT molecular complexity index is 1450. The number of hydrogen-bond acceptors (Lipinski definition) is 6. The van der Waals surface area contributed by atoms with Crippen molar-refractivity contribution in [2.24, 2.45) is 16.8 Å². The molecule has 4 aliphatic rings. The summed E-state index contributed by atoms with van der Waals surface area (Å²) in [7, 11) is 0. The average molecular weight is 541 g/mol. The summed E-state index contributed by atoms with van der Waals surface area (Å²) in [6.07, 6.45) is 6.10. The third-order valence-electron chi connectivity index (χ3n) is 9.20. The van der Waals surface area contributed by atoms with Crippen LogP contribution in [0.4, 0.5) is 0 Å². The number of aromatic amines is 1. The SMILES string of the molecule is O=C(C1CC1)N1CC[C@@H](CN2C(=O)C3(CCN(CCO)CC3)N=C2c2ccc(-c3ccc4[nH]ncc4c3)cc2)C1. The molecule has 4 heterocycles. The van der Waals surface area contributed by atoms with Gasteiger partial charge in [-0.1, -0.05) is 30.3 Å². The Balaban J connectivity index is 1.15. The van der Waals surface area contributed by atoms with E-state index in [9.17, 15) is 14.7 Å². The van der Waals surface area contributed by atoms with Crippen LogP contribution in [0.15, 0.2) is 53.7 Å². The first-order chi connectivity index (χ1) is 19.5.